The van der Waals surface area contributed by atoms with Crippen LogP contribution in [0, 0.1) is 5.82 Å². The van der Waals surface area contributed by atoms with Gasteiger partial charge in [0.2, 0.25) is 0 Å². The van der Waals surface area contributed by atoms with Gasteiger partial charge in [-0.3, -0.25) is 4.79 Å². The number of aliphatic hydroxyl groups is 1. The molecule has 0 saturated carbocycles. The van der Waals surface area contributed by atoms with Crippen molar-refractivity contribution in [3.05, 3.63) is 71.0 Å². The Hall–Kier alpha value is -2.04. The molecule has 1 aliphatic heterocycles. The van der Waals surface area contributed by atoms with E-state index in [1.807, 2.05) is 12.1 Å². The fourth-order valence-corrected chi connectivity index (χ4v) is 4.04. The molecule has 3 rings (SSSR count). The van der Waals surface area contributed by atoms with Gasteiger partial charge in [0.1, 0.15) is 5.82 Å². The molecule has 0 aliphatic carbocycles. The van der Waals surface area contributed by atoms with Crippen LogP contribution in [0.1, 0.15) is 66.9 Å². The molecular weight excluding hydrogens is 365 g/mol. The van der Waals surface area contributed by atoms with E-state index < -0.39 is 5.60 Å². The van der Waals surface area contributed by atoms with Crippen LogP contribution in [-0.2, 0) is 12.0 Å². The van der Waals surface area contributed by atoms with Crippen molar-refractivity contribution in [3.8, 4) is 0 Å². The minimum absolute atomic E-state index is 0.201. The molecule has 1 heterocycles. The predicted octanol–water partition coefficient (Wildman–Crippen LogP) is 5.11. The van der Waals surface area contributed by atoms with E-state index in [2.05, 4.69) is 24.0 Å². The van der Waals surface area contributed by atoms with E-state index in [4.69, 9.17) is 0 Å². The molecule has 29 heavy (non-hydrogen) atoms. The Morgan fingerprint density at radius 2 is 1.69 bits per heavy atom. The number of benzene rings is 2. The number of piperidine rings is 1. The smallest absolute Gasteiger partial charge is 0.162 e. The fourth-order valence-electron chi connectivity index (χ4n) is 4.04. The summed E-state index contributed by atoms with van der Waals surface area (Å²) in [6.45, 7) is 4.62. The molecule has 0 atom stereocenters. The van der Waals surface area contributed by atoms with E-state index in [1.165, 1.54) is 30.5 Å². The molecule has 0 unspecified atom stereocenters. The summed E-state index contributed by atoms with van der Waals surface area (Å²) >= 11 is 0. The number of rotatable bonds is 9. The number of ketones is 1. The molecule has 1 aliphatic rings. The van der Waals surface area contributed by atoms with Gasteiger partial charge < -0.3 is 10.0 Å². The molecule has 4 heteroatoms. The third kappa shape index (κ3) is 5.97. The lowest BCUT2D eigenvalue weighted by molar-refractivity contribution is -0.0260. The van der Waals surface area contributed by atoms with Crippen molar-refractivity contribution >= 4 is 5.78 Å². The number of halogens is 1. The SMILES string of the molecule is CCCCc1ccc(C(=O)CCCN2CCC(O)(c3ccc(F)cc3)CC2)cc1. The maximum Gasteiger partial charge on any atom is 0.162 e. The second-order valence-corrected chi connectivity index (χ2v) is 8.21. The maximum atomic E-state index is 13.1. The van der Waals surface area contributed by atoms with Gasteiger partial charge in [0.05, 0.1) is 5.60 Å². The molecule has 0 bridgehead atoms. The number of carbonyl (C=O) groups excluding carboxylic acids is 1. The summed E-state index contributed by atoms with van der Waals surface area (Å²) in [6.07, 6.45) is 6.07. The van der Waals surface area contributed by atoms with Gasteiger partial charge in [0, 0.05) is 25.1 Å². The highest BCUT2D eigenvalue weighted by molar-refractivity contribution is 5.96. The first kappa shape index (κ1) is 21.7. The molecule has 2 aromatic carbocycles. The molecule has 1 fully saturated rings. The number of aryl methyl sites for hydroxylation is 1. The zero-order valence-electron chi connectivity index (χ0n) is 17.4. The van der Waals surface area contributed by atoms with Gasteiger partial charge >= 0.3 is 0 Å². The summed E-state index contributed by atoms with van der Waals surface area (Å²) in [4.78, 5) is 14.7. The molecule has 156 valence electrons. The first-order valence-electron chi connectivity index (χ1n) is 10.8. The highest BCUT2D eigenvalue weighted by Gasteiger charge is 2.33. The molecule has 3 nitrogen and oxygen atoms in total. The lowest BCUT2D eigenvalue weighted by Gasteiger charge is -2.38. The van der Waals surface area contributed by atoms with Crippen molar-refractivity contribution in [1.82, 2.24) is 4.90 Å². The van der Waals surface area contributed by atoms with Gasteiger partial charge in [-0.2, -0.15) is 0 Å². The Morgan fingerprint density at radius 1 is 1.03 bits per heavy atom. The number of hydrogen-bond acceptors (Lipinski definition) is 3. The first-order valence-corrected chi connectivity index (χ1v) is 10.8. The minimum atomic E-state index is -0.875. The van der Waals surface area contributed by atoms with Crippen molar-refractivity contribution in [1.29, 1.82) is 0 Å². The summed E-state index contributed by atoms with van der Waals surface area (Å²) < 4.78 is 13.1. The van der Waals surface area contributed by atoms with Crippen LogP contribution >= 0.6 is 0 Å². The van der Waals surface area contributed by atoms with Gasteiger partial charge in [-0.05, 0) is 61.9 Å². The Morgan fingerprint density at radius 3 is 2.31 bits per heavy atom. The average molecular weight is 398 g/mol. The quantitative estimate of drug-likeness (QED) is 0.598. The number of nitrogens with zero attached hydrogens (tertiary/aromatic N) is 1. The third-order valence-electron chi connectivity index (χ3n) is 6.04. The third-order valence-corrected chi connectivity index (χ3v) is 6.04. The van der Waals surface area contributed by atoms with Crippen molar-refractivity contribution in [2.75, 3.05) is 19.6 Å². The number of likely N-dealkylation sites (tertiary alicyclic amines) is 1. The summed E-state index contributed by atoms with van der Waals surface area (Å²) in [5.41, 5.74) is 2.01. The largest absolute Gasteiger partial charge is 0.385 e. The molecular formula is C25H32FNO2. The summed E-state index contributed by atoms with van der Waals surface area (Å²) in [5, 5.41) is 10.9. The van der Waals surface area contributed by atoms with Gasteiger partial charge in [-0.25, -0.2) is 4.39 Å². The van der Waals surface area contributed by atoms with Crippen LogP contribution in [0.4, 0.5) is 4.39 Å². The molecule has 1 N–H and O–H groups in total. The monoisotopic (exact) mass is 397 g/mol. The van der Waals surface area contributed by atoms with E-state index >= 15 is 0 Å². The molecule has 0 spiro atoms. The van der Waals surface area contributed by atoms with E-state index in [-0.39, 0.29) is 11.6 Å². The molecule has 2 aromatic rings. The van der Waals surface area contributed by atoms with E-state index in [0.717, 1.165) is 43.6 Å². The highest BCUT2D eigenvalue weighted by atomic mass is 19.1. The maximum absolute atomic E-state index is 13.1. The Kier molecular flexibility index (Phi) is 7.57. The summed E-state index contributed by atoms with van der Waals surface area (Å²) in [6, 6.07) is 14.2. The van der Waals surface area contributed by atoms with Crippen LogP contribution in [0.2, 0.25) is 0 Å². The minimum Gasteiger partial charge on any atom is -0.385 e. The second kappa shape index (κ2) is 10.1. The molecule has 1 saturated heterocycles. The summed E-state index contributed by atoms with van der Waals surface area (Å²) in [5.74, 6) is -0.0816. The Labute approximate surface area is 173 Å². The van der Waals surface area contributed by atoms with Gasteiger partial charge in [-0.1, -0.05) is 49.7 Å². The number of unbranched alkanes of at least 4 members (excludes halogenated alkanes) is 1. The number of hydrogen-bond donors (Lipinski definition) is 1. The number of carbonyl (C=O) groups is 1. The molecule has 0 amide bonds. The van der Waals surface area contributed by atoms with E-state index in [0.29, 0.717) is 19.3 Å². The van der Waals surface area contributed by atoms with Crippen LogP contribution < -0.4 is 0 Å². The molecule has 0 radical (unpaired) electrons. The van der Waals surface area contributed by atoms with Crippen LogP contribution in [0.5, 0.6) is 0 Å². The van der Waals surface area contributed by atoms with Crippen molar-refractivity contribution in [3.63, 3.8) is 0 Å². The van der Waals surface area contributed by atoms with Crippen molar-refractivity contribution in [2.24, 2.45) is 0 Å². The van der Waals surface area contributed by atoms with Crippen LogP contribution in [-0.4, -0.2) is 35.4 Å². The fraction of sp³-hybridized carbons (Fsp3) is 0.480. The van der Waals surface area contributed by atoms with Crippen LogP contribution in [0.25, 0.3) is 0 Å². The lowest BCUT2D eigenvalue weighted by Crippen LogP contribution is -2.42. The Bertz CT molecular complexity index is 777. The topological polar surface area (TPSA) is 40.5 Å². The van der Waals surface area contributed by atoms with Crippen molar-refractivity contribution < 1.29 is 14.3 Å². The average Bonchev–Trinajstić information content (AvgIpc) is 2.74. The standard InChI is InChI=1S/C25H32FNO2/c1-2-3-5-20-7-9-21(10-8-20)24(28)6-4-17-27-18-15-25(29,16-19-27)22-11-13-23(26)14-12-22/h7-14,29H,2-6,15-19H2,1H3. The van der Waals surface area contributed by atoms with E-state index in [9.17, 15) is 14.3 Å². The highest BCUT2D eigenvalue weighted by Crippen LogP contribution is 2.32. The zero-order valence-corrected chi connectivity index (χ0v) is 17.4. The summed E-state index contributed by atoms with van der Waals surface area (Å²) in [7, 11) is 0. The number of Topliss-reactive ketones (excluding diaryl/α,β-unsaturated/α-hetero) is 1. The Balaban J connectivity index is 1.41. The van der Waals surface area contributed by atoms with Crippen molar-refractivity contribution in [2.45, 2.75) is 57.5 Å². The van der Waals surface area contributed by atoms with Gasteiger partial charge in [0.25, 0.3) is 0 Å². The van der Waals surface area contributed by atoms with E-state index in [1.54, 1.807) is 12.1 Å². The zero-order chi connectivity index (χ0) is 20.7. The normalized spacial score (nSPS) is 16.7. The second-order valence-electron chi connectivity index (χ2n) is 8.21. The van der Waals surface area contributed by atoms with Gasteiger partial charge in [0.15, 0.2) is 5.78 Å². The van der Waals surface area contributed by atoms with Crippen LogP contribution in [0.15, 0.2) is 48.5 Å². The predicted molar refractivity (Wildman–Crippen MR) is 115 cm³/mol. The first-order chi connectivity index (χ1) is 14.0. The van der Waals surface area contributed by atoms with Crippen LogP contribution in [0.3, 0.4) is 0 Å². The lowest BCUT2D eigenvalue weighted by atomic mass is 9.84. The molecule has 0 aromatic heterocycles. The van der Waals surface area contributed by atoms with Gasteiger partial charge in [-0.15, -0.1) is 0 Å².